The number of methoxy groups -OCH3 is 1. The van der Waals surface area contributed by atoms with E-state index in [1.54, 1.807) is 12.1 Å². The summed E-state index contributed by atoms with van der Waals surface area (Å²) in [7, 11) is -1.43. The van der Waals surface area contributed by atoms with Crippen molar-refractivity contribution >= 4 is 9.84 Å². The fourth-order valence-corrected chi connectivity index (χ4v) is 4.80. The van der Waals surface area contributed by atoms with Crippen LogP contribution in [0.4, 0.5) is 0 Å². The van der Waals surface area contributed by atoms with Crippen LogP contribution in [0.3, 0.4) is 0 Å². The van der Waals surface area contributed by atoms with E-state index in [1.165, 1.54) is 7.11 Å². The van der Waals surface area contributed by atoms with E-state index in [0.717, 1.165) is 5.56 Å². The van der Waals surface area contributed by atoms with Crippen molar-refractivity contribution in [3.8, 4) is 11.5 Å². The molecule has 0 radical (unpaired) electrons. The van der Waals surface area contributed by atoms with Crippen molar-refractivity contribution in [2.45, 2.75) is 31.8 Å². The van der Waals surface area contributed by atoms with E-state index in [9.17, 15) is 13.5 Å². The lowest BCUT2D eigenvalue weighted by Gasteiger charge is -2.29. The number of phenolic OH excluding ortho intramolecular Hbond substituents is 1. The minimum absolute atomic E-state index is 0.0252. The average molecular weight is 299 g/mol. The van der Waals surface area contributed by atoms with Crippen molar-refractivity contribution < 1.29 is 18.3 Å². The normalized spacial score (nSPS) is 26.4. The van der Waals surface area contributed by atoms with Crippen LogP contribution in [0.5, 0.6) is 11.5 Å². The second-order valence-electron chi connectivity index (χ2n) is 5.70. The van der Waals surface area contributed by atoms with Crippen LogP contribution in [0.15, 0.2) is 18.2 Å². The SMILES string of the molecule is COc1cc(C(C)NC2(C)CCS(=O)(=O)C2)ccc1O. The zero-order valence-electron chi connectivity index (χ0n) is 12.0. The van der Waals surface area contributed by atoms with Crippen molar-refractivity contribution in [2.75, 3.05) is 18.6 Å². The van der Waals surface area contributed by atoms with Gasteiger partial charge in [-0.1, -0.05) is 6.07 Å². The average Bonchev–Trinajstić information content (AvgIpc) is 2.63. The molecular formula is C14H21NO4S. The quantitative estimate of drug-likeness (QED) is 0.884. The van der Waals surface area contributed by atoms with Gasteiger partial charge in [0.05, 0.1) is 18.6 Å². The number of rotatable bonds is 4. The Morgan fingerprint density at radius 1 is 1.45 bits per heavy atom. The number of benzene rings is 1. The van der Waals surface area contributed by atoms with Crippen molar-refractivity contribution in [1.29, 1.82) is 0 Å². The fraction of sp³-hybridized carbons (Fsp3) is 0.571. The predicted octanol–water partition coefficient (Wildman–Crippen LogP) is 1.63. The molecule has 1 aromatic rings. The topological polar surface area (TPSA) is 75.6 Å². The Hall–Kier alpha value is -1.27. The first-order chi connectivity index (χ1) is 9.25. The molecule has 1 aliphatic rings. The van der Waals surface area contributed by atoms with Crippen LogP contribution in [0, 0.1) is 0 Å². The number of phenols is 1. The molecule has 2 atom stereocenters. The summed E-state index contributed by atoms with van der Waals surface area (Å²) in [6.45, 7) is 3.91. The summed E-state index contributed by atoms with van der Waals surface area (Å²) in [5.74, 6) is 0.917. The minimum atomic E-state index is -2.93. The van der Waals surface area contributed by atoms with Gasteiger partial charge in [-0.15, -0.1) is 0 Å². The van der Waals surface area contributed by atoms with Crippen LogP contribution in [0.25, 0.3) is 0 Å². The highest BCUT2D eigenvalue weighted by molar-refractivity contribution is 7.91. The van der Waals surface area contributed by atoms with E-state index < -0.39 is 15.4 Å². The Morgan fingerprint density at radius 3 is 2.70 bits per heavy atom. The third kappa shape index (κ3) is 3.24. The maximum Gasteiger partial charge on any atom is 0.160 e. The summed E-state index contributed by atoms with van der Waals surface area (Å²) in [5.41, 5.74) is 0.550. The number of ether oxygens (including phenoxy) is 1. The standard InChI is InChI=1S/C14H21NO4S/c1-10(11-4-5-12(16)13(8-11)19-3)15-14(2)6-7-20(17,18)9-14/h4-5,8,10,15-16H,6-7,9H2,1-3H3. The molecule has 1 aliphatic heterocycles. The predicted molar refractivity (Wildman–Crippen MR) is 77.9 cm³/mol. The van der Waals surface area contributed by atoms with E-state index >= 15 is 0 Å². The summed E-state index contributed by atoms with van der Waals surface area (Å²) >= 11 is 0. The Bertz CT molecular complexity index is 599. The Morgan fingerprint density at radius 2 is 2.15 bits per heavy atom. The number of aromatic hydroxyl groups is 1. The zero-order chi connectivity index (χ0) is 15.0. The van der Waals surface area contributed by atoms with Gasteiger partial charge in [-0.2, -0.15) is 0 Å². The maximum absolute atomic E-state index is 11.6. The number of hydrogen-bond donors (Lipinski definition) is 2. The molecule has 2 rings (SSSR count). The highest BCUT2D eigenvalue weighted by Crippen LogP contribution is 2.31. The van der Waals surface area contributed by atoms with E-state index in [4.69, 9.17) is 4.74 Å². The first-order valence-corrected chi connectivity index (χ1v) is 8.42. The number of nitrogens with one attached hydrogen (secondary N) is 1. The summed E-state index contributed by atoms with van der Waals surface area (Å²) < 4.78 is 28.3. The molecule has 1 aromatic carbocycles. The van der Waals surface area contributed by atoms with Gasteiger partial charge in [-0.3, -0.25) is 0 Å². The lowest BCUT2D eigenvalue weighted by atomic mass is 9.98. The lowest BCUT2D eigenvalue weighted by molar-refractivity contribution is 0.351. The fourth-order valence-electron chi connectivity index (χ4n) is 2.69. The summed E-state index contributed by atoms with van der Waals surface area (Å²) in [6, 6.07) is 5.13. The van der Waals surface area contributed by atoms with E-state index in [2.05, 4.69) is 5.32 Å². The monoisotopic (exact) mass is 299 g/mol. The molecule has 0 bridgehead atoms. The third-order valence-corrected chi connectivity index (χ3v) is 5.68. The summed E-state index contributed by atoms with van der Waals surface area (Å²) in [6.07, 6.45) is 0.620. The van der Waals surface area contributed by atoms with Gasteiger partial charge in [0.15, 0.2) is 21.3 Å². The number of sulfone groups is 1. The molecular weight excluding hydrogens is 278 g/mol. The molecule has 0 aromatic heterocycles. The second-order valence-corrected chi connectivity index (χ2v) is 7.88. The van der Waals surface area contributed by atoms with Gasteiger partial charge in [0.2, 0.25) is 0 Å². The van der Waals surface area contributed by atoms with Crippen LogP contribution in [-0.2, 0) is 9.84 Å². The van der Waals surface area contributed by atoms with Crippen molar-refractivity contribution in [1.82, 2.24) is 5.32 Å². The smallest absolute Gasteiger partial charge is 0.160 e. The first-order valence-electron chi connectivity index (χ1n) is 6.60. The highest BCUT2D eigenvalue weighted by atomic mass is 32.2. The van der Waals surface area contributed by atoms with E-state index in [-0.39, 0.29) is 23.3 Å². The molecule has 0 spiro atoms. The molecule has 112 valence electrons. The Kier molecular flexibility index (Phi) is 3.97. The van der Waals surface area contributed by atoms with E-state index in [1.807, 2.05) is 19.9 Å². The molecule has 6 heteroatoms. The molecule has 0 saturated carbocycles. The van der Waals surface area contributed by atoms with Gasteiger partial charge in [-0.25, -0.2) is 8.42 Å². The Balaban J connectivity index is 2.14. The van der Waals surface area contributed by atoms with Crippen LogP contribution < -0.4 is 10.1 Å². The molecule has 2 unspecified atom stereocenters. The zero-order valence-corrected chi connectivity index (χ0v) is 12.8. The van der Waals surface area contributed by atoms with Gasteiger partial charge in [0.1, 0.15) is 0 Å². The number of hydrogen-bond acceptors (Lipinski definition) is 5. The van der Waals surface area contributed by atoms with Crippen molar-refractivity contribution in [3.63, 3.8) is 0 Å². The van der Waals surface area contributed by atoms with Gasteiger partial charge < -0.3 is 15.2 Å². The van der Waals surface area contributed by atoms with Gasteiger partial charge in [0, 0.05) is 11.6 Å². The summed E-state index contributed by atoms with van der Waals surface area (Å²) in [4.78, 5) is 0. The van der Waals surface area contributed by atoms with Gasteiger partial charge in [0.25, 0.3) is 0 Å². The van der Waals surface area contributed by atoms with Crippen LogP contribution in [0.1, 0.15) is 31.9 Å². The molecule has 20 heavy (non-hydrogen) atoms. The summed E-state index contributed by atoms with van der Waals surface area (Å²) in [5, 5.41) is 13.0. The lowest BCUT2D eigenvalue weighted by Crippen LogP contribution is -2.44. The molecule has 1 heterocycles. The highest BCUT2D eigenvalue weighted by Gasteiger charge is 2.39. The third-order valence-electron chi connectivity index (χ3n) is 3.77. The molecule has 0 amide bonds. The van der Waals surface area contributed by atoms with Crippen LogP contribution in [-0.4, -0.2) is 37.7 Å². The van der Waals surface area contributed by atoms with E-state index in [0.29, 0.717) is 12.2 Å². The molecule has 5 nitrogen and oxygen atoms in total. The molecule has 1 fully saturated rings. The first kappa shape index (κ1) is 15.1. The molecule has 2 N–H and O–H groups in total. The molecule has 0 aliphatic carbocycles. The van der Waals surface area contributed by atoms with Crippen LogP contribution in [0.2, 0.25) is 0 Å². The molecule has 1 saturated heterocycles. The Labute approximate surface area is 119 Å². The van der Waals surface area contributed by atoms with Gasteiger partial charge >= 0.3 is 0 Å². The minimum Gasteiger partial charge on any atom is -0.504 e. The van der Waals surface area contributed by atoms with Crippen molar-refractivity contribution in [2.24, 2.45) is 0 Å². The van der Waals surface area contributed by atoms with Gasteiger partial charge in [-0.05, 0) is 38.0 Å². The van der Waals surface area contributed by atoms with Crippen molar-refractivity contribution in [3.05, 3.63) is 23.8 Å². The second kappa shape index (κ2) is 5.26. The largest absolute Gasteiger partial charge is 0.504 e. The van der Waals surface area contributed by atoms with Crippen LogP contribution >= 0.6 is 0 Å². The maximum atomic E-state index is 11.6.